The first-order valence-electron chi connectivity index (χ1n) is 5.98. The van der Waals surface area contributed by atoms with Gasteiger partial charge < -0.3 is 10.6 Å². The summed E-state index contributed by atoms with van der Waals surface area (Å²) in [6, 6.07) is 7.90. The maximum atomic E-state index is 11.2. The van der Waals surface area contributed by atoms with Crippen molar-refractivity contribution in [2.45, 2.75) is 13.0 Å². The predicted molar refractivity (Wildman–Crippen MR) is 69.6 cm³/mol. The van der Waals surface area contributed by atoms with Crippen molar-refractivity contribution in [2.75, 3.05) is 13.6 Å². The standard InChI is InChI=1S/C12H16N6O/c1-9(14-7-12(19)13-2)10-4-3-5-11(6-10)18-8-15-16-17-18/h3-6,8-9,14H,7H2,1-2H3,(H,13,19). The molecule has 1 aromatic heterocycles. The van der Waals surface area contributed by atoms with Crippen molar-refractivity contribution in [3.63, 3.8) is 0 Å². The second-order valence-electron chi connectivity index (χ2n) is 4.13. The SMILES string of the molecule is CNC(=O)CNC(C)c1cccc(-n2cnnn2)c1. The first-order valence-corrected chi connectivity index (χ1v) is 5.98. The zero-order valence-electron chi connectivity index (χ0n) is 10.9. The Morgan fingerprint density at radius 1 is 1.47 bits per heavy atom. The zero-order valence-corrected chi connectivity index (χ0v) is 10.9. The molecule has 0 aliphatic carbocycles. The Bertz CT molecular complexity index is 539. The van der Waals surface area contributed by atoms with E-state index in [-0.39, 0.29) is 18.5 Å². The van der Waals surface area contributed by atoms with Crippen molar-refractivity contribution in [1.82, 2.24) is 30.8 Å². The molecule has 0 radical (unpaired) electrons. The number of benzene rings is 1. The third-order valence-corrected chi connectivity index (χ3v) is 2.83. The van der Waals surface area contributed by atoms with Crippen molar-refractivity contribution in [2.24, 2.45) is 0 Å². The average molecular weight is 260 g/mol. The highest BCUT2D eigenvalue weighted by atomic mass is 16.1. The zero-order chi connectivity index (χ0) is 13.7. The lowest BCUT2D eigenvalue weighted by atomic mass is 10.1. The Kier molecular flexibility index (Phi) is 4.19. The number of hydrogen-bond acceptors (Lipinski definition) is 5. The van der Waals surface area contributed by atoms with Crippen LogP contribution in [0.15, 0.2) is 30.6 Å². The summed E-state index contributed by atoms with van der Waals surface area (Å²) < 4.78 is 1.59. The molecule has 2 N–H and O–H groups in total. The fourth-order valence-corrected chi connectivity index (χ4v) is 1.67. The van der Waals surface area contributed by atoms with E-state index in [4.69, 9.17) is 0 Å². The molecule has 1 unspecified atom stereocenters. The van der Waals surface area contributed by atoms with E-state index in [1.165, 1.54) is 0 Å². The van der Waals surface area contributed by atoms with Gasteiger partial charge in [0.1, 0.15) is 6.33 Å². The number of carbonyl (C=O) groups is 1. The summed E-state index contributed by atoms with van der Waals surface area (Å²) in [4.78, 5) is 11.2. The molecule has 0 fully saturated rings. The maximum absolute atomic E-state index is 11.2. The number of carbonyl (C=O) groups excluding carboxylic acids is 1. The molecular weight excluding hydrogens is 244 g/mol. The lowest BCUT2D eigenvalue weighted by molar-refractivity contribution is -0.119. The molecule has 0 bridgehead atoms. The number of tetrazole rings is 1. The van der Waals surface area contributed by atoms with E-state index in [0.717, 1.165) is 11.3 Å². The highest BCUT2D eigenvalue weighted by Crippen LogP contribution is 2.15. The minimum atomic E-state index is -0.0384. The lowest BCUT2D eigenvalue weighted by Crippen LogP contribution is -2.32. The molecule has 19 heavy (non-hydrogen) atoms. The molecule has 1 heterocycles. The van der Waals surface area contributed by atoms with Crippen LogP contribution in [-0.2, 0) is 4.79 Å². The van der Waals surface area contributed by atoms with E-state index < -0.39 is 0 Å². The minimum Gasteiger partial charge on any atom is -0.358 e. The van der Waals surface area contributed by atoms with E-state index in [1.807, 2.05) is 31.2 Å². The summed E-state index contributed by atoms with van der Waals surface area (Å²) in [7, 11) is 1.62. The van der Waals surface area contributed by atoms with Crippen molar-refractivity contribution in [3.05, 3.63) is 36.2 Å². The van der Waals surface area contributed by atoms with E-state index in [9.17, 15) is 4.79 Å². The topological polar surface area (TPSA) is 84.7 Å². The first kappa shape index (κ1) is 13.2. The van der Waals surface area contributed by atoms with Crippen LogP contribution in [0, 0.1) is 0 Å². The smallest absolute Gasteiger partial charge is 0.233 e. The summed E-state index contributed by atoms with van der Waals surface area (Å²) >= 11 is 0. The average Bonchev–Trinajstić information content (AvgIpc) is 2.98. The van der Waals surface area contributed by atoms with Gasteiger partial charge in [0.05, 0.1) is 12.2 Å². The Morgan fingerprint density at radius 2 is 2.32 bits per heavy atom. The Labute approximate surface area is 111 Å². The van der Waals surface area contributed by atoms with Crippen LogP contribution in [0.5, 0.6) is 0 Å². The van der Waals surface area contributed by atoms with Gasteiger partial charge in [-0.15, -0.1) is 5.10 Å². The molecule has 0 saturated heterocycles. The van der Waals surface area contributed by atoms with Crippen LogP contribution in [-0.4, -0.2) is 39.7 Å². The molecule has 0 aliphatic rings. The van der Waals surface area contributed by atoms with Crippen LogP contribution in [0.25, 0.3) is 5.69 Å². The third-order valence-electron chi connectivity index (χ3n) is 2.83. The molecular formula is C12H16N6O. The number of nitrogens with one attached hydrogen (secondary N) is 2. The number of rotatable bonds is 5. The van der Waals surface area contributed by atoms with Crippen LogP contribution in [0.4, 0.5) is 0 Å². The molecule has 0 spiro atoms. The number of likely N-dealkylation sites (N-methyl/N-ethyl adjacent to an activating group) is 1. The van der Waals surface area contributed by atoms with Crippen LogP contribution >= 0.6 is 0 Å². The molecule has 100 valence electrons. The van der Waals surface area contributed by atoms with Gasteiger partial charge in [-0.05, 0) is 35.0 Å². The second kappa shape index (κ2) is 6.05. The van der Waals surface area contributed by atoms with E-state index in [2.05, 4.69) is 26.2 Å². The van der Waals surface area contributed by atoms with Gasteiger partial charge in [0.2, 0.25) is 5.91 Å². The van der Waals surface area contributed by atoms with Gasteiger partial charge in [-0.1, -0.05) is 12.1 Å². The molecule has 7 heteroatoms. The van der Waals surface area contributed by atoms with Crippen molar-refractivity contribution < 1.29 is 4.79 Å². The Hall–Kier alpha value is -2.28. The van der Waals surface area contributed by atoms with E-state index in [0.29, 0.717) is 0 Å². The first-order chi connectivity index (χ1) is 9.20. The van der Waals surface area contributed by atoms with Gasteiger partial charge in [0.15, 0.2) is 0 Å². The van der Waals surface area contributed by atoms with Crippen LogP contribution in [0.1, 0.15) is 18.5 Å². The fraction of sp³-hybridized carbons (Fsp3) is 0.333. The quantitative estimate of drug-likeness (QED) is 0.794. The third kappa shape index (κ3) is 3.35. The van der Waals surface area contributed by atoms with Crippen LogP contribution in [0.2, 0.25) is 0 Å². The molecule has 7 nitrogen and oxygen atoms in total. The van der Waals surface area contributed by atoms with Gasteiger partial charge in [-0.3, -0.25) is 4.79 Å². The number of hydrogen-bond donors (Lipinski definition) is 2. The van der Waals surface area contributed by atoms with Crippen molar-refractivity contribution in [3.8, 4) is 5.69 Å². The molecule has 1 atom stereocenters. The Balaban J connectivity index is 2.08. The highest BCUT2D eigenvalue weighted by molar-refractivity contribution is 5.77. The summed E-state index contributed by atoms with van der Waals surface area (Å²) in [5.74, 6) is -0.0384. The van der Waals surface area contributed by atoms with E-state index in [1.54, 1.807) is 18.1 Å². The summed E-state index contributed by atoms with van der Waals surface area (Å²) in [6.07, 6.45) is 1.54. The van der Waals surface area contributed by atoms with Gasteiger partial charge in [0, 0.05) is 13.1 Å². The van der Waals surface area contributed by atoms with Gasteiger partial charge >= 0.3 is 0 Å². The summed E-state index contributed by atoms with van der Waals surface area (Å²) in [6.45, 7) is 2.29. The summed E-state index contributed by atoms with van der Waals surface area (Å²) in [5.41, 5.74) is 1.95. The van der Waals surface area contributed by atoms with Crippen molar-refractivity contribution in [1.29, 1.82) is 0 Å². The molecule has 1 amide bonds. The Morgan fingerprint density at radius 3 is 3.00 bits per heavy atom. The summed E-state index contributed by atoms with van der Waals surface area (Å²) in [5, 5.41) is 16.8. The van der Waals surface area contributed by atoms with Gasteiger partial charge in [-0.2, -0.15) is 0 Å². The second-order valence-corrected chi connectivity index (χ2v) is 4.13. The molecule has 2 rings (SSSR count). The van der Waals surface area contributed by atoms with Gasteiger partial charge in [-0.25, -0.2) is 4.68 Å². The monoisotopic (exact) mass is 260 g/mol. The molecule has 1 aromatic carbocycles. The molecule has 0 aliphatic heterocycles. The normalized spacial score (nSPS) is 12.1. The minimum absolute atomic E-state index is 0.0384. The largest absolute Gasteiger partial charge is 0.358 e. The van der Waals surface area contributed by atoms with Crippen LogP contribution < -0.4 is 10.6 Å². The molecule has 0 saturated carbocycles. The van der Waals surface area contributed by atoms with Crippen molar-refractivity contribution >= 4 is 5.91 Å². The van der Waals surface area contributed by atoms with Crippen LogP contribution in [0.3, 0.4) is 0 Å². The number of aromatic nitrogens is 4. The highest BCUT2D eigenvalue weighted by Gasteiger charge is 2.08. The predicted octanol–water partition coefficient (Wildman–Crippen LogP) is 0.0589. The maximum Gasteiger partial charge on any atom is 0.233 e. The van der Waals surface area contributed by atoms with Gasteiger partial charge in [0.25, 0.3) is 0 Å². The molecule has 2 aromatic rings. The lowest BCUT2D eigenvalue weighted by Gasteiger charge is -2.14. The number of amides is 1. The number of nitrogens with zero attached hydrogens (tertiary/aromatic N) is 4. The van der Waals surface area contributed by atoms with E-state index >= 15 is 0 Å². The fourth-order valence-electron chi connectivity index (χ4n) is 1.67.